The van der Waals surface area contributed by atoms with Crippen LogP contribution in [0.4, 0.5) is 0 Å². The molecule has 3 aromatic carbocycles. The van der Waals surface area contributed by atoms with Gasteiger partial charge in [0.25, 0.3) is 5.91 Å². The number of phenolic OH excluding ortho intramolecular Hbond substituents is 1. The zero-order valence-corrected chi connectivity index (χ0v) is 16.8. The average molecular weight is 417 g/mol. The van der Waals surface area contributed by atoms with Crippen LogP contribution in [0.5, 0.6) is 5.75 Å². The number of rotatable bonds is 6. The summed E-state index contributed by atoms with van der Waals surface area (Å²) in [4.78, 5) is 25.2. The van der Waals surface area contributed by atoms with Gasteiger partial charge in [0, 0.05) is 12.0 Å². The lowest BCUT2D eigenvalue weighted by atomic mass is 9.93. The minimum absolute atomic E-state index is 0.162. The molecule has 1 heterocycles. The van der Waals surface area contributed by atoms with E-state index >= 15 is 0 Å². The Morgan fingerprint density at radius 1 is 1.06 bits per heavy atom. The van der Waals surface area contributed by atoms with Crippen LogP contribution in [0.2, 0.25) is 0 Å². The summed E-state index contributed by atoms with van der Waals surface area (Å²) in [6.07, 6.45) is 0.526. The predicted octanol–water partition coefficient (Wildman–Crippen LogP) is 3.18. The lowest BCUT2D eigenvalue weighted by Gasteiger charge is -2.25. The molecule has 4 rings (SSSR count). The van der Waals surface area contributed by atoms with Gasteiger partial charge in [-0.15, -0.1) is 0 Å². The van der Waals surface area contributed by atoms with Crippen LogP contribution in [0, 0.1) is 0 Å². The summed E-state index contributed by atoms with van der Waals surface area (Å²) in [7, 11) is 0. The van der Waals surface area contributed by atoms with Gasteiger partial charge in [-0.3, -0.25) is 4.79 Å². The van der Waals surface area contributed by atoms with Crippen molar-refractivity contribution < 1.29 is 24.5 Å². The van der Waals surface area contributed by atoms with Gasteiger partial charge in [-0.1, -0.05) is 42.5 Å². The van der Waals surface area contributed by atoms with Crippen molar-refractivity contribution in [2.75, 3.05) is 6.61 Å². The Balaban J connectivity index is 1.49. The molecule has 1 unspecified atom stereocenters. The van der Waals surface area contributed by atoms with Crippen LogP contribution in [0.1, 0.15) is 43.5 Å². The van der Waals surface area contributed by atoms with Crippen LogP contribution in [0.15, 0.2) is 72.8 Å². The summed E-state index contributed by atoms with van der Waals surface area (Å²) in [6.45, 7) is -0.222. The fourth-order valence-electron chi connectivity index (χ4n) is 3.74. The van der Waals surface area contributed by atoms with Crippen molar-refractivity contribution in [3.63, 3.8) is 0 Å². The molecule has 1 aliphatic heterocycles. The molecule has 1 amide bonds. The number of hydrogen-bond donors (Lipinski definition) is 3. The minimum atomic E-state index is -0.477. The number of nitrogens with one attached hydrogen (secondary N) is 1. The van der Waals surface area contributed by atoms with Crippen molar-refractivity contribution >= 4 is 11.9 Å². The number of ether oxygens (including phenoxy) is 1. The van der Waals surface area contributed by atoms with E-state index in [4.69, 9.17) is 4.74 Å². The molecule has 6 heteroatoms. The zero-order valence-electron chi connectivity index (χ0n) is 16.8. The maximum atomic E-state index is 12.8. The number of cyclic esters (lactones) is 1. The fraction of sp³-hybridized carbons (Fsp3) is 0.200. The predicted molar refractivity (Wildman–Crippen MR) is 115 cm³/mol. The fourth-order valence-corrected chi connectivity index (χ4v) is 3.74. The van der Waals surface area contributed by atoms with Crippen molar-refractivity contribution in [1.29, 1.82) is 0 Å². The van der Waals surface area contributed by atoms with Gasteiger partial charge in [-0.2, -0.15) is 0 Å². The zero-order chi connectivity index (χ0) is 21.8. The van der Waals surface area contributed by atoms with Crippen LogP contribution in [0.25, 0.3) is 0 Å². The largest absolute Gasteiger partial charge is 0.508 e. The highest BCUT2D eigenvalue weighted by molar-refractivity contribution is 5.98. The van der Waals surface area contributed by atoms with Gasteiger partial charge in [0.05, 0.1) is 18.2 Å². The molecule has 31 heavy (non-hydrogen) atoms. The normalized spacial score (nSPS) is 16.2. The Bertz CT molecular complexity index is 1080. The quantitative estimate of drug-likeness (QED) is 0.536. The molecule has 0 fully saturated rings. The number of benzene rings is 3. The number of esters is 1. The second kappa shape index (κ2) is 9.02. The van der Waals surface area contributed by atoms with Gasteiger partial charge in [0.2, 0.25) is 0 Å². The van der Waals surface area contributed by atoms with Crippen molar-refractivity contribution in [3.05, 3.63) is 101 Å². The van der Waals surface area contributed by atoms with E-state index in [1.54, 1.807) is 42.5 Å². The third-order valence-electron chi connectivity index (χ3n) is 5.39. The SMILES string of the molecule is O=C(N[C@H](CO)Cc1ccc(O)cc1)c1ccc2c(c1)CC(c1ccccc1)OC2=O. The number of carbonyl (C=O) groups is 2. The highest BCUT2D eigenvalue weighted by Crippen LogP contribution is 2.31. The molecule has 0 aromatic heterocycles. The first kappa shape index (κ1) is 20.6. The van der Waals surface area contributed by atoms with E-state index in [2.05, 4.69) is 5.32 Å². The third-order valence-corrected chi connectivity index (χ3v) is 5.39. The lowest BCUT2D eigenvalue weighted by molar-refractivity contribution is 0.0252. The number of aromatic hydroxyl groups is 1. The molecule has 0 spiro atoms. The molecular formula is C25H23NO5. The smallest absolute Gasteiger partial charge is 0.339 e. The van der Waals surface area contributed by atoms with Crippen molar-refractivity contribution in [1.82, 2.24) is 5.32 Å². The van der Waals surface area contributed by atoms with E-state index in [-0.39, 0.29) is 24.4 Å². The van der Waals surface area contributed by atoms with Crippen LogP contribution in [-0.4, -0.2) is 34.7 Å². The van der Waals surface area contributed by atoms with E-state index < -0.39 is 12.0 Å². The second-order valence-corrected chi connectivity index (χ2v) is 7.60. The maximum absolute atomic E-state index is 12.8. The molecule has 0 bridgehead atoms. The van der Waals surface area contributed by atoms with Gasteiger partial charge < -0.3 is 20.3 Å². The highest BCUT2D eigenvalue weighted by atomic mass is 16.5. The van der Waals surface area contributed by atoms with E-state index in [1.807, 2.05) is 30.3 Å². The van der Waals surface area contributed by atoms with Crippen LogP contribution >= 0.6 is 0 Å². The topological polar surface area (TPSA) is 95.9 Å². The van der Waals surface area contributed by atoms with Crippen LogP contribution in [0.3, 0.4) is 0 Å². The first-order chi connectivity index (χ1) is 15.0. The molecule has 158 valence electrons. The van der Waals surface area contributed by atoms with Crippen molar-refractivity contribution in [2.45, 2.75) is 25.0 Å². The molecule has 0 saturated heterocycles. The Morgan fingerprint density at radius 3 is 2.52 bits per heavy atom. The maximum Gasteiger partial charge on any atom is 0.339 e. The van der Waals surface area contributed by atoms with Gasteiger partial charge in [0.15, 0.2) is 0 Å². The highest BCUT2D eigenvalue weighted by Gasteiger charge is 2.28. The summed E-state index contributed by atoms with van der Waals surface area (Å²) in [6, 6.07) is 20.6. The Labute approximate surface area is 180 Å². The Hall–Kier alpha value is -3.64. The van der Waals surface area contributed by atoms with E-state index in [9.17, 15) is 19.8 Å². The Morgan fingerprint density at radius 2 is 1.81 bits per heavy atom. The monoisotopic (exact) mass is 417 g/mol. The van der Waals surface area contributed by atoms with Gasteiger partial charge in [-0.05, 0) is 53.4 Å². The molecule has 0 radical (unpaired) electrons. The number of phenols is 1. The molecule has 0 saturated carbocycles. The molecular weight excluding hydrogens is 394 g/mol. The van der Waals surface area contributed by atoms with Gasteiger partial charge in [-0.25, -0.2) is 4.79 Å². The summed E-state index contributed by atoms with van der Waals surface area (Å²) in [5, 5.41) is 21.9. The number of amides is 1. The number of aliphatic hydroxyl groups is 1. The Kier molecular flexibility index (Phi) is 6.00. The van der Waals surface area contributed by atoms with E-state index in [0.717, 1.165) is 16.7 Å². The molecule has 3 N–H and O–H groups in total. The lowest BCUT2D eigenvalue weighted by Crippen LogP contribution is -2.39. The summed E-state index contributed by atoms with van der Waals surface area (Å²) in [5.74, 6) is -0.562. The van der Waals surface area contributed by atoms with Crippen molar-refractivity contribution in [3.8, 4) is 5.75 Å². The molecule has 6 nitrogen and oxygen atoms in total. The number of aliphatic hydroxyl groups excluding tert-OH is 1. The number of carbonyl (C=O) groups excluding carboxylic acids is 2. The average Bonchev–Trinajstić information content (AvgIpc) is 2.80. The molecule has 1 aliphatic rings. The summed E-state index contributed by atoms with van der Waals surface area (Å²) < 4.78 is 5.57. The van der Waals surface area contributed by atoms with E-state index in [0.29, 0.717) is 24.0 Å². The number of hydrogen-bond acceptors (Lipinski definition) is 5. The molecule has 3 aromatic rings. The van der Waals surface area contributed by atoms with Crippen LogP contribution in [-0.2, 0) is 17.6 Å². The minimum Gasteiger partial charge on any atom is -0.508 e. The summed E-state index contributed by atoms with van der Waals surface area (Å²) in [5.41, 5.74) is 3.44. The summed E-state index contributed by atoms with van der Waals surface area (Å²) >= 11 is 0. The molecule has 2 atom stereocenters. The second-order valence-electron chi connectivity index (χ2n) is 7.60. The van der Waals surface area contributed by atoms with Crippen LogP contribution < -0.4 is 5.32 Å². The van der Waals surface area contributed by atoms with Gasteiger partial charge in [0.1, 0.15) is 11.9 Å². The van der Waals surface area contributed by atoms with Crippen molar-refractivity contribution in [2.24, 2.45) is 0 Å². The van der Waals surface area contributed by atoms with E-state index in [1.165, 1.54) is 0 Å². The standard InChI is InChI=1S/C25H23NO5/c27-15-20(12-16-6-9-21(28)10-7-16)26-24(29)18-8-11-22-19(13-18)14-23(31-25(22)30)17-4-2-1-3-5-17/h1-11,13,20,23,27-28H,12,14-15H2,(H,26,29)/t20-,23?/m0/s1. The third kappa shape index (κ3) is 4.75. The first-order valence-electron chi connectivity index (χ1n) is 10.1. The molecule has 0 aliphatic carbocycles. The van der Waals surface area contributed by atoms with Gasteiger partial charge >= 0.3 is 5.97 Å². The number of fused-ring (bicyclic) bond motifs is 1. The first-order valence-corrected chi connectivity index (χ1v) is 10.1.